The largest absolute Gasteiger partial charge is 0.465 e. The van der Waals surface area contributed by atoms with Crippen molar-refractivity contribution in [2.75, 3.05) is 10.6 Å². The normalized spacial score (nSPS) is 11.0. The Morgan fingerprint density at radius 2 is 1.71 bits per heavy atom. The van der Waals surface area contributed by atoms with Gasteiger partial charge in [0.1, 0.15) is 6.04 Å². The van der Waals surface area contributed by atoms with E-state index in [2.05, 4.69) is 29.1 Å². The summed E-state index contributed by atoms with van der Waals surface area (Å²) >= 11 is 0. The third kappa shape index (κ3) is 6.35. The molecule has 1 atom stereocenters. The van der Waals surface area contributed by atoms with E-state index < -0.39 is 18.0 Å². The molecule has 7 heteroatoms. The fourth-order valence-electron chi connectivity index (χ4n) is 1.91. The highest BCUT2D eigenvalue weighted by Crippen LogP contribution is 2.21. The second-order valence-electron chi connectivity index (χ2n) is 4.94. The van der Waals surface area contributed by atoms with E-state index in [0.717, 1.165) is 0 Å². The average molecular weight is 331 g/mol. The van der Waals surface area contributed by atoms with Gasteiger partial charge < -0.3 is 21.1 Å². The highest BCUT2D eigenvalue weighted by molar-refractivity contribution is 6.02. The number of allylic oxidation sites excluding steroid dienone is 1. The molecule has 0 fully saturated rings. The van der Waals surface area contributed by atoms with E-state index in [4.69, 9.17) is 5.11 Å². The van der Waals surface area contributed by atoms with Crippen LogP contribution in [-0.4, -0.2) is 29.1 Å². The zero-order valence-corrected chi connectivity index (χ0v) is 13.2. The summed E-state index contributed by atoms with van der Waals surface area (Å²) in [6, 6.07) is 5.71. The van der Waals surface area contributed by atoms with Gasteiger partial charge in [0.05, 0.1) is 11.4 Å². The molecule has 24 heavy (non-hydrogen) atoms. The third-order valence-electron chi connectivity index (χ3n) is 3.05. The molecule has 0 bridgehead atoms. The molecule has 3 amide bonds. The molecule has 7 nitrogen and oxygen atoms in total. The Labute approximate surface area is 140 Å². The smallest absolute Gasteiger partial charge is 0.405 e. The van der Waals surface area contributed by atoms with Crippen molar-refractivity contribution in [3.63, 3.8) is 0 Å². The first-order valence-electron chi connectivity index (χ1n) is 7.39. The first kappa shape index (κ1) is 19.0. The number of carboxylic acid groups (broad SMARTS) is 1. The number of benzene rings is 1. The highest BCUT2D eigenvalue weighted by Gasteiger charge is 2.20. The molecule has 0 radical (unpaired) electrons. The van der Waals surface area contributed by atoms with Crippen LogP contribution in [0.3, 0.4) is 0 Å². The molecule has 0 aliphatic heterocycles. The molecule has 0 saturated carbocycles. The van der Waals surface area contributed by atoms with Crippen LogP contribution >= 0.6 is 0 Å². The third-order valence-corrected chi connectivity index (χ3v) is 3.05. The first-order valence-corrected chi connectivity index (χ1v) is 7.39. The van der Waals surface area contributed by atoms with Crippen LogP contribution in [0, 0.1) is 0 Å². The Morgan fingerprint density at radius 3 is 2.25 bits per heavy atom. The number of carbonyl (C=O) groups excluding carboxylic acids is 2. The van der Waals surface area contributed by atoms with Crippen molar-refractivity contribution in [2.45, 2.75) is 25.3 Å². The van der Waals surface area contributed by atoms with Gasteiger partial charge >= 0.3 is 6.09 Å². The van der Waals surface area contributed by atoms with Crippen molar-refractivity contribution >= 4 is 29.3 Å². The molecule has 0 aliphatic carbocycles. The zero-order valence-electron chi connectivity index (χ0n) is 13.2. The first-order chi connectivity index (χ1) is 11.5. The van der Waals surface area contributed by atoms with Crippen LogP contribution in [0.1, 0.15) is 19.3 Å². The number of hydrogen-bond donors (Lipinski definition) is 4. The SMILES string of the molecule is C=CCCC(=O)Nc1ccccc1NC(=O)C(CC=C)NC(=O)O. The van der Waals surface area contributed by atoms with Crippen molar-refractivity contribution in [1.82, 2.24) is 5.32 Å². The summed E-state index contributed by atoms with van der Waals surface area (Å²) in [5.74, 6) is -0.743. The van der Waals surface area contributed by atoms with Gasteiger partial charge in [-0.2, -0.15) is 0 Å². The Morgan fingerprint density at radius 1 is 1.08 bits per heavy atom. The minimum atomic E-state index is -1.30. The monoisotopic (exact) mass is 331 g/mol. The maximum absolute atomic E-state index is 12.2. The van der Waals surface area contributed by atoms with Gasteiger partial charge in [0.15, 0.2) is 0 Å². The molecule has 1 rings (SSSR count). The number of rotatable bonds is 9. The van der Waals surface area contributed by atoms with Crippen molar-refractivity contribution in [2.24, 2.45) is 0 Å². The lowest BCUT2D eigenvalue weighted by atomic mass is 10.1. The predicted molar refractivity (Wildman–Crippen MR) is 92.9 cm³/mol. The van der Waals surface area contributed by atoms with Gasteiger partial charge in [-0.25, -0.2) is 4.79 Å². The van der Waals surface area contributed by atoms with Gasteiger partial charge in [-0.15, -0.1) is 13.2 Å². The Kier molecular flexibility index (Phi) is 7.77. The van der Waals surface area contributed by atoms with Gasteiger partial charge in [0, 0.05) is 6.42 Å². The molecule has 1 aromatic rings. The van der Waals surface area contributed by atoms with Crippen LogP contribution < -0.4 is 16.0 Å². The fraction of sp³-hybridized carbons (Fsp3) is 0.235. The molecular formula is C17H21N3O4. The van der Waals surface area contributed by atoms with Crippen LogP contribution in [-0.2, 0) is 9.59 Å². The van der Waals surface area contributed by atoms with Gasteiger partial charge in [-0.05, 0) is 25.0 Å². The molecule has 0 spiro atoms. The molecule has 0 aliphatic rings. The van der Waals surface area contributed by atoms with Crippen LogP contribution in [0.4, 0.5) is 16.2 Å². The van der Waals surface area contributed by atoms with Crippen molar-refractivity contribution in [3.05, 3.63) is 49.6 Å². The minimum Gasteiger partial charge on any atom is -0.465 e. The van der Waals surface area contributed by atoms with E-state index in [1.54, 1.807) is 30.3 Å². The minimum absolute atomic E-state index is 0.145. The molecular weight excluding hydrogens is 310 g/mol. The summed E-state index contributed by atoms with van der Waals surface area (Å²) in [7, 11) is 0. The van der Waals surface area contributed by atoms with Gasteiger partial charge in [-0.3, -0.25) is 9.59 Å². The van der Waals surface area contributed by atoms with E-state index in [9.17, 15) is 14.4 Å². The van der Waals surface area contributed by atoms with Crippen LogP contribution in [0.15, 0.2) is 49.6 Å². The fourth-order valence-corrected chi connectivity index (χ4v) is 1.91. The molecule has 128 valence electrons. The number of carbonyl (C=O) groups is 3. The van der Waals surface area contributed by atoms with Gasteiger partial charge in [-0.1, -0.05) is 24.3 Å². The van der Waals surface area contributed by atoms with Crippen molar-refractivity contribution < 1.29 is 19.5 Å². The number of para-hydroxylation sites is 2. The lowest BCUT2D eigenvalue weighted by Crippen LogP contribution is -2.42. The Hall–Kier alpha value is -3.09. The lowest BCUT2D eigenvalue weighted by molar-refractivity contribution is -0.118. The predicted octanol–water partition coefficient (Wildman–Crippen LogP) is 2.74. The molecule has 1 aromatic carbocycles. The number of amides is 3. The molecule has 4 N–H and O–H groups in total. The zero-order chi connectivity index (χ0) is 17.9. The Bertz CT molecular complexity index is 628. The second kappa shape index (κ2) is 9.83. The molecule has 1 unspecified atom stereocenters. The quantitative estimate of drug-likeness (QED) is 0.522. The van der Waals surface area contributed by atoms with E-state index in [1.165, 1.54) is 6.08 Å². The summed E-state index contributed by atoms with van der Waals surface area (Å²) in [5.41, 5.74) is 0.822. The van der Waals surface area contributed by atoms with E-state index in [-0.39, 0.29) is 18.7 Å². The van der Waals surface area contributed by atoms with Crippen molar-refractivity contribution in [3.8, 4) is 0 Å². The van der Waals surface area contributed by atoms with E-state index in [0.29, 0.717) is 17.8 Å². The summed E-state index contributed by atoms with van der Waals surface area (Å²) < 4.78 is 0. The van der Waals surface area contributed by atoms with Crippen LogP contribution in [0.5, 0.6) is 0 Å². The summed E-state index contributed by atoms with van der Waals surface area (Å²) in [5, 5.41) is 16.2. The number of nitrogens with one attached hydrogen (secondary N) is 3. The second-order valence-corrected chi connectivity index (χ2v) is 4.94. The van der Waals surface area contributed by atoms with E-state index in [1.807, 2.05) is 0 Å². The van der Waals surface area contributed by atoms with Gasteiger partial charge in [0.25, 0.3) is 0 Å². The Balaban J connectivity index is 2.84. The maximum Gasteiger partial charge on any atom is 0.405 e. The highest BCUT2D eigenvalue weighted by atomic mass is 16.4. The summed E-state index contributed by atoms with van der Waals surface area (Å²) in [6.45, 7) is 7.06. The maximum atomic E-state index is 12.2. The van der Waals surface area contributed by atoms with Crippen molar-refractivity contribution in [1.29, 1.82) is 0 Å². The number of hydrogen-bond acceptors (Lipinski definition) is 3. The van der Waals surface area contributed by atoms with Gasteiger partial charge in [0.2, 0.25) is 11.8 Å². The summed E-state index contributed by atoms with van der Waals surface area (Å²) in [4.78, 5) is 34.8. The molecule has 0 aromatic heterocycles. The lowest BCUT2D eigenvalue weighted by Gasteiger charge is -2.17. The van der Waals surface area contributed by atoms with Crippen LogP contribution in [0.2, 0.25) is 0 Å². The van der Waals surface area contributed by atoms with Crippen LogP contribution in [0.25, 0.3) is 0 Å². The standard InChI is InChI=1S/C17H21N3O4/c1-3-5-11-15(21)18-12-9-6-7-10-13(12)19-16(22)14(8-4-2)20-17(23)24/h3-4,6-7,9-10,14,20H,1-2,5,8,11H2,(H,18,21)(H,19,22)(H,23,24). The topological polar surface area (TPSA) is 108 Å². The van der Waals surface area contributed by atoms with E-state index >= 15 is 0 Å². The number of anilines is 2. The summed E-state index contributed by atoms with van der Waals surface area (Å²) in [6.07, 6.45) is 2.76. The molecule has 0 saturated heterocycles. The average Bonchev–Trinajstić information content (AvgIpc) is 2.54. The molecule has 0 heterocycles.